The number of halogens is 3. The van der Waals surface area contributed by atoms with Gasteiger partial charge in [0.1, 0.15) is 24.2 Å². The van der Waals surface area contributed by atoms with Crippen LogP contribution >= 0.6 is 34.8 Å². The summed E-state index contributed by atoms with van der Waals surface area (Å²) in [5, 5.41) is 1.00. The predicted molar refractivity (Wildman–Crippen MR) is 133 cm³/mol. The van der Waals surface area contributed by atoms with Gasteiger partial charge in [0.2, 0.25) is 0 Å². The molecule has 0 spiro atoms. The van der Waals surface area contributed by atoms with E-state index in [9.17, 15) is 4.79 Å². The lowest BCUT2D eigenvalue weighted by Crippen LogP contribution is -2.25. The Morgan fingerprint density at radius 1 is 0.939 bits per heavy atom. The Labute approximate surface area is 211 Å². The quantitative estimate of drug-likeness (QED) is 0.237. The number of ether oxygens (including phenoxy) is 4. The molecule has 2 rings (SSSR count). The first-order valence-corrected chi connectivity index (χ1v) is 11.9. The predicted octanol–water partition coefficient (Wildman–Crippen LogP) is 6.53. The summed E-state index contributed by atoms with van der Waals surface area (Å²) in [5.74, 6) is 1.12. The van der Waals surface area contributed by atoms with Crippen LogP contribution in [0.1, 0.15) is 38.8 Å². The van der Waals surface area contributed by atoms with Crippen molar-refractivity contribution in [1.29, 1.82) is 0 Å². The SMILES string of the molecule is COC[C@H](C)COc1ccc(C(C)(C)c2ccc(OC[C@H](CCl)OC(C)=O)c(Cl)c2)cc1Cl. The summed E-state index contributed by atoms with van der Waals surface area (Å²) < 4.78 is 21.8. The maximum absolute atomic E-state index is 11.1. The number of alkyl halides is 1. The second-order valence-electron chi connectivity index (χ2n) is 8.48. The number of methoxy groups -OCH3 is 1. The fourth-order valence-corrected chi connectivity index (χ4v) is 3.89. The van der Waals surface area contributed by atoms with Gasteiger partial charge in [0, 0.05) is 25.4 Å². The second kappa shape index (κ2) is 12.7. The Morgan fingerprint density at radius 3 is 1.88 bits per heavy atom. The lowest BCUT2D eigenvalue weighted by molar-refractivity contribution is -0.146. The van der Waals surface area contributed by atoms with Gasteiger partial charge in [-0.3, -0.25) is 4.79 Å². The van der Waals surface area contributed by atoms with Crippen LogP contribution in [0.25, 0.3) is 0 Å². The molecule has 33 heavy (non-hydrogen) atoms. The summed E-state index contributed by atoms with van der Waals surface area (Å²) in [7, 11) is 1.67. The molecule has 0 aliphatic rings. The first-order valence-electron chi connectivity index (χ1n) is 10.7. The molecule has 2 aromatic rings. The highest BCUT2D eigenvalue weighted by Gasteiger charge is 2.25. The van der Waals surface area contributed by atoms with Crippen molar-refractivity contribution in [3.63, 3.8) is 0 Å². The molecule has 0 N–H and O–H groups in total. The van der Waals surface area contributed by atoms with E-state index in [1.807, 2.05) is 30.3 Å². The smallest absolute Gasteiger partial charge is 0.303 e. The molecule has 0 radical (unpaired) electrons. The summed E-state index contributed by atoms with van der Waals surface area (Å²) >= 11 is 18.8. The van der Waals surface area contributed by atoms with E-state index in [2.05, 4.69) is 20.8 Å². The molecule has 0 saturated heterocycles. The van der Waals surface area contributed by atoms with Crippen LogP contribution in [-0.4, -0.2) is 44.9 Å². The third-order valence-electron chi connectivity index (χ3n) is 5.21. The van der Waals surface area contributed by atoms with Crippen LogP contribution in [0.3, 0.4) is 0 Å². The van der Waals surface area contributed by atoms with Gasteiger partial charge in [-0.2, -0.15) is 0 Å². The van der Waals surface area contributed by atoms with E-state index in [1.165, 1.54) is 6.92 Å². The largest absolute Gasteiger partial charge is 0.492 e. The number of carbonyl (C=O) groups is 1. The molecule has 0 heterocycles. The van der Waals surface area contributed by atoms with Crippen molar-refractivity contribution >= 4 is 40.8 Å². The topological polar surface area (TPSA) is 54.0 Å². The minimum absolute atomic E-state index is 0.117. The average molecular weight is 518 g/mol. The van der Waals surface area contributed by atoms with E-state index >= 15 is 0 Å². The van der Waals surface area contributed by atoms with Crippen LogP contribution in [0, 0.1) is 5.92 Å². The van der Waals surface area contributed by atoms with Crippen molar-refractivity contribution in [2.75, 3.05) is 32.8 Å². The van der Waals surface area contributed by atoms with Gasteiger partial charge in [0.25, 0.3) is 0 Å². The monoisotopic (exact) mass is 516 g/mol. The molecule has 182 valence electrons. The van der Waals surface area contributed by atoms with Gasteiger partial charge in [-0.1, -0.05) is 56.1 Å². The van der Waals surface area contributed by atoms with E-state index in [-0.39, 0.29) is 23.8 Å². The van der Waals surface area contributed by atoms with Gasteiger partial charge in [0.05, 0.1) is 29.1 Å². The lowest BCUT2D eigenvalue weighted by Gasteiger charge is -2.27. The summed E-state index contributed by atoms with van der Waals surface area (Å²) in [4.78, 5) is 11.1. The molecule has 0 saturated carbocycles. The number of esters is 1. The fraction of sp³-hybridized carbons (Fsp3) is 0.480. The zero-order valence-electron chi connectivity index (χ0n) is 19.6. The van der Waals surface area contributed by atoms with E-state index in [1.54, 1.807) is 13.2 Å². The maximum atomic E-state index is 11.1. The first-order chi connectivity index (χ1) is 15.6. The summed E-state index contributed by atoms with van der Waals surface area (Å²) in [6, 6.07) is 11.4. The van der Waals surface area contributed by atoms with E-state index in [0.29, 0.717) is 34.8 Å². The Hall–Kier alpha value is -1.66. The molecule has 0 amide bonds. The normalized spacial score (nSPS) is 13.3. The number of hydrogen-bond acceptors (Lipinski definition) is 5. The highest BCUT2D eigenvalue weighted by Crippen LogP contribution is 2.38. The van der Waals surface area contributed by atoms with Gasteiger partial charge in [0.15, 0.2) is 0 Å². The number of rotatable bonds is 12. The third-order valence-corrected chi connectivity index (χ3v) is 6.15. The van der Waals surface area contributed by atoms with Gasteiger partial charge < -0.3 is 18.9 Å². The molecule has 0 bridgehead atoms. The molecule has 0 fully saturated rings. The molecule has 2 atom stereocenters. The summed E-state index contributed by atoms with van der Waals surface area (Å²) in [5.41, 5.74) is 1.64. The molecule has 0 aliphatic heterocycles. The van der Waals surface area contributed by atoms with Crippen molar-refractivity contribution in [2.45, 2.75) is 39.2 Å². The van der Waals surface area contributed by atoms with Crippen molar-refractivity contribution in [3.05, 3.63) is 57.6 Å². The van der Waals surface area contributed by atoms with E-state index < -0.39 is 12.1 Å². The first kappa shape index (κ1) is 27.6. The molecule has 5 nitrogen and oxygen atoms in total. The summed E-state index contributed by atoms with van der Waals surface area (Å²) in [6.07, 6.45) is -0.545. The van der Waals surface area contributed by atoms with Gasteiger partial charge in [-0.05, 0) is 35.4 Å². The second-order valence-corrected chi connectivity index (χ2v) is 9.61. The number of hydrogen-bond donors (Lipinski definition) is 0. The Bertz CT molecular complexity index is 932. The highest BCUT2D eigenvalue weighted by atomic mass is 35.5. The van der Waals surface area contributed by atoms with Crippen molar-refractivity contribution in [2.24, 2.45) is 5.92 Å². The third kappa shape index (κ3) is 7.96. The number of carbonyl (C=O) groups excluding carboxylic acids is 1. The van der Waals surface area contributed by atoms with Crippen molar-refractivity contribution in [3.8, 4) is 11.5 Å². The van der Waals surface area contributed by atoms with Crippen LogP contribution in [0.15, 0.2) is 36.4 Å². The zero-order chi connectivity index (χ0) is 24.6. The van der Waals surface area contributed by atoms with Gasteiger partial charge >= 0.3 is 5.97 Å². The molecular weight excluding hydrogens is 487 g/mol. The molecular formula is C25H31Cl3O5. The minimum atomic E-state index is -0.545. The zero-order valence-corrected chi connectivity index (χ0v) is 21.9. The Kier molecular flexibility index (Phi) is 10.6. The standard InChI is InChI=1S/C25H31Cl3O5/c1-16(13-30-5)14-31-23-8-6-18(10-21(23)27)25(3,4)19-7-9-24(22(28)11-19)32-15-20(12-26)33-17(2)29/h6-11,16,20H,12-15H2,1-5H3/t16-,20-/m0/s1. The number of benzene rings is 2. The van der Waals surface area contributed by atoms with Crippen LogP contribution in [0.5, 0.6) is 11.5 Å². The van der Waals surface area contributed by atoms with Crippen LogP contribution < -0.4 is 9.47 Å². The summed E-state index contributed by atoms with van der Waals surface area (Å²) in [6.45, 7) is 8.83. The van der Waals surface area contributed by atoms with Crippen molar-refractivity contribution < 1.29 is 23.7 Å². The van der Waals surface area contributed by atoms with Crippen LogP contribution in [0.2, 0.25) is 10.0 Å². The molecule has 0 unspecified atom stereocenters. The molecule has 0 aromatic heterocycles. The van der Waals surface area contributed by atoms with E-state index in [0.717, 1.165) is 11.1 Å². The maximum Gasteiger partial charge on any atom is 0.303 e. The average Bonchev–Trinajstić information content (AvgIpc) is 2.76. The fourth-order valence-electron chi connectivity index (χ4n) is 3.27. The lowest BCUT2D eigenvalue weighted by atomic mass is 9.78. The molecule has 0 aliphatic carbocycles. The minimum Gasteiger partial charge on any atom is -0.492 e. The van der Waals surface area contributed by atoms with Crippen LogP contribution in [0.4, 0.5) is 0 Å². The highest BCUT2D eigenvalue weighted by molar-refractivity contribution is 6.32. The van der Waals surface area contributed by atoms with Gasteiger partial charge in [-0.25, -0.2) is 0 Å². The molecule has 8 heteroatoms. The van der Waals surface area contributed by atoms with Crippen LogP contribution in [-0.2, 0) is 19.7 Å². The Morgan fingerprint density at radius 2 is 1.45 bits per heavy atom. The van der Waals surface area contributed by atoms with E-state index in [4.69, 9.17) is 53.8 Å². The van der Waals surface area contributed by atoms with Gasteiger partial charge in [-0.15, -0.1) is 11.6 Å². The van der Waals surface area contributed by atoms with Crippen molar-refractivity contribution in [1.82, 2.24) is 0 Å². The molecule has 2 aromatic carbocycles. The Balaban J connectivity index is 2.13.